The molecule has 19 heavy (non-hydrogen) atoms. The lowest BCUT2D eigenvalue weighted by atomic mass is 10.1. The first-order valence-corrected chi connectivity index (χ1v) is 5.11. The maximum Gasteiger partial charge on any atom is 0.491 e. The summed E-state index contributed by atoms with van der Waals surface area (Å²) in [6.07, 6.45) is -4.25. The lowest BCUT2D eigenvalue weighted by Crippen LogP contribution is -2.28. The van der Waals surface area contributed by atoms with Gasteiger partial charge in [0.1, 0.15) is 0 Å². The van der Waals surface area contributed by atoms with Crippen molar-refractivity contribution in [3.63, 3.8) is 0 Å². The molecule has 0 radical (unpaired) electrons. The maximum absolute atomic E-state index is 11.9. The van der Waals surface area contributed by atoms with E-state index in [1.54, 1.807) is 12.1 Å². The van der Waals surface area contributed by atoms with Gasteiger partial charge in [-0.25, -0.2) is 9.78 Å². The van der Waals surface area contributed by atoms with E-state index in [1.165, 1.54) is 12.4 Å². The number of nitrogens with one attached hydrogen (secondary N) is 1. The number of carbonyl (C=O) groups is 2. The summed E-state index contributed by atoms with van der Waals surface area (Å²) >= 11 is 0. The molecular weight excluding hydrogens is 265 g/mol. The van der Waals surface area contributed by atoms with E-state index in [-0.39, 0.29) is 0 Å². The number of ether oxygens (including phenoxy) is 1. The zero-order valence-corrected chi connectivity index (χ0v) is 9.32. The fourth-order valence-corrected chi connectivity index (χ4v) is 1.53. The monoisotopic (exact) mass is 272 g/mol. The van der Waals surface area contributed by atoms with Crippen LogP contribution < -0.4 is 0 Å². The van der Waals surface area contributed by atoms with E-state index in [4.69, 9.17) is 0 Å². The molecule has 0 aliphatic carbocycles. The molecule has 2 aromatic rings. The predicted octanol–water partition coefficient (Wildman–Crippen LogP) is 1.74. The number of esters is 2. The molecule has 100 valence electrons. The molecule has 0 saturated heterocycles. The molecule has 1 heterocycles. The second-order valence-corrected chi connectivity index (χ2v) is 3.65. The van der Waals surface area contributed by atoms with Crippen LogP contribution in [0.25, 0.3) is 11.0 Å². The van der Waals surface area contributed by atoms with Gasteiger partial charge in [-0.05, 0) is 11.6 Å². The fraction of sp³-hybridized carbons (Fsp3) is 0.182. The Hall–Kier alpha value is -2.38. The van der Waals surface area contributed by atoms with Gasteiger partial charge in [-0.3, -0.25) is 4.79 Å². The molecule has 0 amide bonds. The minimum Gasteiger partial charge on any atom is -0.386 e. The fourth-order valence-electron chi connectivity index (χ4n) is 1.53. The zero-order valence-electron chi connectivity index (χ0n) is 9.32. The number of fused-ring (bicyclic) bond motifs is 1. The number of halogens is 3. The normalized spacial score (nSPS) is 11.5. The third kappa shape index (κ3) is 2.90. The molecule has 8 heteroatoms. The number of para-hydroxylation sites is 1. The summed E-state index contributed by atoms with van der Waals surface area (Å²) in [5.74, 6) is -3.79. The van der Waals surface area contributed by atoms with Gasteiger partial charge in [0.05, 0.1) is 23.8 Å². The largest absolute Gasteiger partial charge is 0.491 e. The van der Waals surface area contributed by atoms with Crippen LogP contribution in [0, 0.1) is 0 Å². The molecular formula is C11H7F3N2O3. The van der Waals surface area contributed by atoms with Gasteiger partial charge in [-0.2, -0.15) is 13.2 Å². The molecule has 2 rings (SSSR count). The Morgan fingerprint density at radius 1 is 1.32 bits per heavy atom. The van der Waals surface area contributed by atoms with Gasteiger partial charge >= 0.3 is 18.1 Å². The Morgan fingerprint density at radius 3 is 2.74 bits per heavy atom. The molecule has 5 nitrogen and oxygen atoms in total. The highest BCUT2D eigenvalue weighted by Crippen LogP contribution is 2.18. The van der Waals surface area contributed by atoms with Crippen molar-refractivity contribution in [2.75, 3.05) is 0 Å². The maximum atomic E-state index is 11.9. The number of aromatic nitrogens is 2. The van der Waals surface area contributed by atoms with E-state index in [0.717, 1.165) is 0 Å². The summed E-state index contributed by atoms with van der Waals surface area (Å²) in [6, 6.07) is 4.79. The average molecular weight is 272 g/mol. The summed E-state index contributed by atoms with van der Waals surface area (Å²) in [7, 11) is 0. The van der Waals surface area contributed by atoms with Gasteiger partial charge in [0.2, 0.25) is 0 Å². The summed E-state index contributed by atoms with van der Waals surface area (Å²) < 4.78 is 39.4. The van der Waals surface area contributed by atoms with Crippen LogP contribution in [0.2, 0.25) is 0 Å². The Labute approximate surface area is 104 Å². The lowest BCUT2D eigenvalue weighted by Gasteiger charge is -2.06. The van der Waals surface area contributed by atoms with Crippen LogP contribution >= 0.6 is 0 Å². The summed E-state index contributed by atoms with van der Waals surface area (Å²) in [5.41, 5.74) is 1.47. The average Bonchev–Trinajstić information content (AvgIpc) is 2.76. The minimum absolute atomic E-state index is 0.398. The highest BCUT2D eigenvalue weighted by Gasteiger charge is 2.42. The summed E-state index contributed by atoms with van der Waals surface area (Å²) in [4.78, 5) is 28.4. The lowest BCUT2D eigenvalue weighted by molar-refractivity contribution is -0.201. The van der Waals surface area contributed by atoms with E-state index in [0.29, 0.717) is 16.6 Å². The molecule has 0 unspecified atom stereocenters. The van der Waals surface area contributed by atoms with E-state index in [2.05, 4.69) is 14.7 Å². The van der Waals surface area contributed by atoms with Crippen molar-refractivity contribution in [1.82, 2.24) is 9.97 Å². The molecule has 1 aromatic heterocycles. The van der Waals surface area contributed by atoms with Crippen LogP contribution in [-0.2, 0) is 20.7 Å². The topological polar surface area (TPSA) is 72.1 Å². The first kappa shape index (κ1) is 13.1. The molecule has 0 aliphatic rings. The van der Waals surface area contributed by atoms with Gasteiger partial charge in [0.25, 0.3) is 0 Å². The highest BCUT2D eigenvalue weighted by molar-refractivity contribution is 5.91. The van der Waals surface area contributed by atoms with Crippen molar-refractivity contribution < 1.29 is 27.5 Å². The van der Waals surface area contributed by atoms with Gasteiger partial charge < -0.3 is 9.72 Å². The van der Waals surface area contributed by atoms with Crippen molar-refractivity contribution in [3.05, 3.63) is 30.1 Å². The molecule has 0 fully saturated rings. The summed E-state index contributed by atoms with van der Waals surface area (Å²) in [6.45, 7) is 0. The van der Waals surface area contributed by atoms with E-state index in [9.17, 15) is 22.8 Å². The van der Waals surface area contributed by atoms with Crippen LogP contribution in [0.3, 0.4) is 0 Å². The van der Waals surface area contributed by atoms with Gasteiger partial charge in [-0.1, -0.05) is 12.1 Å². The Balaban J connectivity index is 2.11. The molecule has 1 N–H and O–H groups in total. The van der Waals surface area contributed by atoms with Gasteiger partial charge in [0.15, 0.2) is 0 Å². The Morgan fingerprint density at radius 2 is 2.05 bits per heavy atom. The molecule has 1 aromatic carbocycles. The van der Waals surface area contributed by atoms with Crippen LogP contribution in [0.4, 0.5) is 13.2 Å². The van der Waals surface area contributed by atoms with Crippen molar-refractivity contribution in [2.24, 2.45) is 0 Å². The smallest absolute Gasteiger partial charge is 0.386 e. The third-order valence-corrected chi connectivity index (χ3v) is 2.31. The second-order valence-electron chi connectivity index (χ2n) is 3.65. The highest BCUT2D eigenvalue weighted by atomic mass is 19.4. The van der Waals surface area contributed by atoms with Crippen molar-refractivity contribution in [2.45, 2.75) is 12.6 Å². The number of H-pyrrole nitrogens is 1. The van der Waals surface area contributed by atoms with Crippen LogP contribution in [0.1, 0.15) is 5.56 Å². The number of imidazole rings is 1. The molecule has 0 bridgehead atoms. The van der Waals surface area contributed by atoms with E-state index in [1.807, 2.05) is 0 Å². The SMILES string of the molecule is O=C(Cc1cccc2nc[nH]c12)OC(=O)C(F)(F)F. The van der Waals surface area contributed by atoms with Crippen LogP contribution in [-0.4, -0.2) is 28.1 Å². The number of aromatic amines is 1. The standard InChI is InChI=1S/C11H7F3N2O3/c12-11(13,14)10(18)19-8(17)4-6-2-1-3-7-9(6)16-5-15-7/h1-3,5H,4H2,(H,15,16). The number of hydrogen-bond donors (Lipinski definition) is 1. The molecule has 0 saturated carbocycles. The van der Waals surface area contributed by atoms with E-state index < -0.39 is 24.5 Å². The number of hydrogen-bond acceptors (Lipinski definition) is 4. The minimum atomic E-state index is -5.18. The molecule has 0 aliphatic heterocycles. The van der Waals surface area contributed by atoms with Gasteiger partial charge in [-0.15, -0.1) is 0 Å². The Kier molecular flexibility index (Phi) is 3.24. The number of benzene rings is 1. The van der Waals surface area contributed by atoms with Crippen molar-refractivity contribution in [3.8, 4) is 0 Å². The van der Waals surface area contributed by atoms with E-state index >= 15 is 0 Å². The van der Waals surface area contributed by atoms with Gasteiger partial charge in [0, 0.05) is 0 Å². The third-order valence-electron chi connectivity index (χ3n) is 2.31. The predicted molar refractivity (Wildman–Crippen MR) is 57.0 cm³/mol. The zero-order chi connectivity index (χ0) is 14.0. The first-order chi connectivity index (χ1) is 8.88. The second kappa shape index (κ2) is 4.71. The van der Waals surface area contributed by atoms with Crippen LogP contribution in [0.15, 0.2) is 24.5 Å². The Bertz CT molecular complexity index is 633. The molecule has 0 atom stereocenters. The number of nitrogens with zero attached hydrogens (tertiary/aromatic N) is 1. The number of alkyl halides is 3. The number of carbonyl (C=O) groups excluding carboxylic acids is 2. The van der Waals surface area contributed by atoms with Crippen molar-refractivity contribution >= 4 is 23.0 Å². The van der Waals surface area contributed by atoms with Crippen LogP contribution in [0.5, 0.6) is 0 Å². The molecule has 0 spiro atoms. The first-order valence-electron chi connectivity index (χ1n) is 5.11. The quantitative estimate of drug-likeness (QED) is 0.667. The number of rotatable bonds is 2. The van der Waals surface area contributed by atoms with Crippen molar-refractivity contribution in [1.29, 1.82) is 0 Å². The summed E-state index contributed by atoms with van der Waals surface area (Å²) in [5, 5.41) is 0.